The number of guanidine groups is 1. The van der Waals surface area contributed by atoms with Crippen LogP contribution in [0.2, 0.25) is 0 Å². The van der Waals surface area contributed by atoms with E-state index in [1.54, 1.807) is 6.26 Å². The van der Waals surface area contributed by atoms with Gasteiger partial charge in [-0.2, -0.15) is 0 Å². The highest BCUT2D eigenvalue weighted by atomic mass is 127. The average molecular weight is 435 g/mol. The summed E-state index contributed by atoms with van der Waals surface area (Å²) in [6, 6.07) is 3.88. The molecule has 0 amide bonds. The molecule has 2 unspecified atom stereocenters. The fraction of sp³-hybridized carbons (Fsp3) is 0.706. The van der Waals surface area contributed by atoms with E-state index in [1.807, 2.05) is 12.1 Å². The number of nitrogens with one attached hydrogen (secondary N) is 2. The van der Waals surface area contributed by atoms with Gasteiger partial charge in [0.2, 0.25) is 0 Å². The fourth-order valence-electron chi connectivity index (χ4n) is 2.93. The molecule has 0 aliphatic heterocycles. The van der Waals surface area contributed by atoms with Crippen molar-refractivity contribution in [1.82, 2.24) is 10.6 Å². The maximum atomic E-state index is 10.2. The van der Waals surface area contributed by atoms with Crippen molar-refractivity contribution in [1.29, 1.82) is 0 Å². The van der Waals surface area contributed by atoms with Crippen molar-refractivity contribution < 1.29 is 9.52 Å². The van der Waals surface area contributed by atoms with Gasteiger partial charge in [0.25, 0.3) is 0 Å². The zero-order valence-corrected chi connectivity index (χ0v) is 16.5. The molecule has 0 spiro atoms. The number of halogens is 1. The quantitative estimate of drug-likeness (QED) is 0.365. The van der Waals surface area contributed by atoms with Gasteiger partial charge in [0, 0.05) is 24.9 Å². The van der Waals surface area contributed by atoms with E-state index in [-0.39, 0.29) is 35.5 Å². The normalized spacial score (nSPS) is 24.8. The summed E-state index contributed by atoms with van der Waals surface area (Å²) < 4.78 is 5.33. The van der Waals surface area contributed by atoms with E-state index >= 15 is 0 Å². The third-order valence-corrected chi connectivity index (χ3v) is 4.47. The van der Waals surface area contributed by atoms with Crippen molar-refractivity contribution in [3.05, 3.63) is 24.2 Å². The summed E-state index contributed by atoms with van der Waals surface area (Å²) in [5.74, 6) is 1.78. The minimum absolute atomic E-state index is 0. The summed E-state index contributed by atoms with van der Waals surface area (Å²) in [5.41, 5.74) is -0.0956. The smallest absolute Gasteiger partial charge is 0.191 e. The summed E-state index contributed by atoms with van der Waals surface area (Å²) in [4.78, 5) is 4.68. The first-order valence-electron chi connectivity index (χ1n) is 8.36. The van der Waals surface area contributed by atoms with E-state index in [0.29, 0.717) is 6.54 Å². The summed E-state index contributed by atoms with van der Waals surface area (Å²) in [6.07, 6.45) is 6.54. The molecule has 3 N–H and O–H groups in total. The molecule has 1 fully saturated rings. The average Bonchev–Trinajstić information content (AvgIpc) is 3.01. The lowest BCUT2D eigenvalue weighted by atomic mass is 9.73. The zero-order valence-electron chi connectivity index (χ0n) is 14.2. The van der Waals surface area contributed by atoms with Gasteiger partial charge < -0.3 is 20.2 Å². The minimum atomic E-state index is -0.240. The Morgan fingerprint density at radius 1 is 1.43 bits per heavy atom. The molecule has 23 heavy (non-hydrogen) atoms. The predicted molar refractivity (Wildman–Crippen MR) is 104 cm³/mol. The fourth-order valence-corrected chi connectivity index (χ4v) is 2.93. The van der Waals surface area contributed by atoms with Gasteiger partial charge in [-0.1, -0.05) is 19.8 Å². The standard InChI is InChI=1S/C17H29N3O2.HI/c1-3-18-16(19-11-9-14-7-6-12-22-14)20-13-17(2)10-5-4-8-15(17)21;/h6-7,12,15,21H,3-5,8-11,13H2,1-2H3,(H2,18,19,20);1H. The maximum Gasteiger partial charge on any atom is 0.191 e. The molecule has 1 heterocycles. The topological polar surface area (TPSA) is 69.8 Å². The molecule has 0 radical (unpaired) electrons. The van der Waals surface area contributed by atoms with E-state index in [9.17, 15) is 5.11 Å². The number of hydrogen-bond donors (Lipinski definition) is 3. The molecule has 1 aliphatic carbocycles. The van der Waals surface area contributed by atoms with Crippen molar-refractivity contribution in [3.8, 4) is 0 Å². The Morgan fingerprint density at radius 2 is 2.26 bits per heavy atom. The van der Waals surface area contributed by atoms with Gasteiger partial charge in [0.1, 0.15) is 5.76 Å². The molecule has 2 rings (SSSR count). The minimum Gasteiger partial charge on any atom is -0.469 e. The number of nitrogens with zero attached hydrogens (tertiary/aromatic N) is 1. The maximum absolute atomic E-state index is 10.2. The molecule has 1 aromatic heterocycles. The number of furan rings is 1. The van der Waals surface area contributed by atoms with Crippen molar-refractivity contribution in [3.63, 3.8) is 0 Å². The van der Waals surface area contributed by atoms with Crippen LogP contribution in [-0.4, -0.2) is 36.8 Å². The Hall–Kier alpha value is -0.760. The van der Waals surface area contributed by atoms with Crippen LogP contribution in [-0.2, 0) is 6.42 Å². The van der Waals surface area contributed by atoms with E-state index in [2.05, 4.69) is 29.5 Å². The number of aliphatic imine (C=N–C) groups is 1. The number of rotatable bonds is 6. The van der Waals surface area contributed by atoms with Gasteiger partial charge in [0.15, 0.2) is 5.96 Å². The SMILES string of the molecule is CCNC(=NCC1(C)CCCCC1O)NCCc1ccco1.I. The molecule has 6 heteroatoms. The molecule has 5 nitrogen and oxygen atoms in total. The van der Waals surface area contributed by atoms with E-state index in [4.69, 9.17) is 4.42 Å². The monoisotopic (exact) mass is 435 g/mol. The van der Waals surface area contributed by atoms with E-state index in [1.165, 1.54) is 6.42 Å². The number of aliphatic hydroxyl groups excluding tert-OH is 1. The van der Waals surface area contributed by atoms with Crippen LogP contribution in [0.25, 0.3) is 0 Å². The second kappa shape index (κ2) is 10.2. The first kappa shape index (κ1) is 20.3. The molecule has 1 aliphatic rings. The van der Waals surface area contributed by atoms with Crippen LogP contribution in [0.4, 0.5) is 0 Å². The molecule has 1 saturated carbocycles. The molecule has 2 atom stereocenters. The first-order valence-corrected chi connectivity index (χ1v) is 8.36. The summed E-state index contributed by atoms with van der Waals surface area (Å²) in [6.45, 7) is 6.46. The lowest BCUT2D eigenvalue weighted by molar-refractivity contribution is 0.00716. The molecule has 132 valence electrons. The lowest BCUT2D eigenvalue weighted by Gasteiger charge is -2.37. The summed E-state index contributed by atoms with van der Waals surface area (Å²) in [7, 11) is 0. The largest absolute Gasteiger partial charge is 0.469 e. The summed E-state index contributed by atoms with van der Waals surface area (Å²) in [5, 5.41) is 16.8. The van der Waals surface area contributed by atoms with Gasteiger partial charge >= 0.3 is 0 Å². The van der Waals surface area contributed by atoms with Crippen LogP contribution >= 0.6 is 24.0 Å². The van der Waals surface area contributed by atoms with Crippen molar-refractivity contribution in [2.45, 2.75) is 52.1 Å². The number of hydrogen-bond acceptors (Lipinski definition) is 3. The number of aliphatic hydroxyl groups is 1. The Bertz CT molecular complexity index is 464. The summed E-state index contributed by atoms with van der Waals surface area (Å²) >= 11 is 0. The Labute approximate surface area is 156 Å². The van der Waals surface area contributed by atoms with Crippen LogP contribution in [0.1, 0.15) is 45.3 Å². The van der Waals surface area contributed by atoms with Crippen LogP contribution in [0, 0.1) is 5.41 Å². The van der Waals surface area contributed by atoms with Crippen LogP contribution in [0.15, 0.2) is 27.8 Å². The second-order valence-corrected chi connectivity index (χ2v) is 6.37. The van der Waals surface area contributed by atoms with Crippen molar-refractivity contribution in [2.24, 2.45) is 10.4 Å². The molecular formula is C17H30IN3O2. The third-order valence-electron chi connectivity index (χ3n) is 4.47. The Balaban J connectivity index is 0.00000264. The second-order valence-electron chi connectivity index (χ2n) is 6.37. The van der Waals surface area contributed by atoms with E-state index in [0.717, 1.165) is 50.5 Å². The molecule has 0 aromatic carbocycles. The highest BCUT2D eigenvalue weighted by Gasteiger charge is 2.35. The molecule has 1 aromatic rings. The lowest BCUT2D eigenvalue weighted by Crippen LogP contribution is -2.42. The van der Waals surface area contributed by atoms with Crippen LogP contribution in [0.3, 0.4) is 0 Å². The molecular weight excluding hydrogens is 405 g/mol. The van der Waals surface area contributed by atoms with Gasteiger partial charge in [0.05, 0.1) is 18.9 Å². The first-order chi connectivity index (χ1) is 10.6. The van der Waals surface area contributed by atoms with Crippen LogP contribution in [0.5, 0.6) is 0 Å². The zero-order chi connectivity index (χ0) is 15.8. The van der Waals surface area contributed by atoms with Gasteiger partial charge in [-0.25, -0.2) is 0 Å². The van der Waals surface area contributed by atoms with Gasteiger partial charge in [-0.3, -0.25) is 4.99 Å². The third kappa shape index (κ3) is 6.33. The Kier molecular flexibility index (Phi) is 8.98. The van der Waals surface area contributed by atoms with Gasteiger partial charge in [-0.05, 0) is 31.9 Å². The molecule has 0 saturated heterocycles. The van der Waals surface area contributed by atoms with Crippen molar-refractivity contribution in [2.75, 3.05) is 19.6 Å². The highest BCUT2D eigenvalue weighted by molar-refractivity contribution is 14.0. The molecule has 0 bridgehead atoms. The van der Waals surface area contributed by atoms with Crippen LogP contribution < -0.4 is 10.6 Å². The predicted octanol–water partition coefficient (Wildman–Crippen LogP) is 2.94. The van der Waals surface area contributed by atoms with E-state index < -0.39 is 0 Å². The Morgan fingerprint density at radius 3 is 2.91 bits per heavy atom. The van der Waals surface area contributed by atoms with Crippen molar-refractivity contribution >= 4 is 29.9 Å². The highest BCUT2D eigenvalue weighted by Crippen LogP contribution is 2.36. The van der Waals surface area contributed by atoms with Gasteiger partial charge in [-0.15, -0.1) is 24.0 Å².